The molecule has 0 aliphatic carbocycles. The van der Waals surface area contributed by atoms with Gasteiger partial charge in [0.05, 0.1) is 0 Å². The lowest BCUT2D eigenvalue weighted by Crippen LogP contribution is -2.46. The van der Waals surface area contributed by atoms with Crippen molar-refractivity contribution in [3.8, 4) is 0 Å². The van der Waals surface area contributed by atoms with E-state index in [4.69, 9.17) is 4.74 Å². The summed E-state index contributed by atoms with van der Waals surface area (Å²) >= 11 is 0. The molecular formula is C19H25N3O5. The Morgan fingerprint density at radius 3 is 2.30 bits per heavy atom. The molecule has 1 saturated heterocycles. The molecule has 0 aromatic heterocycles. The van der Waals surface area contributed by atoms with Gasteiger partial charge in [-0.1, -0.05) is 31.5 Å². The molecule has 1 aliphatic heterocycles. The molecule has 0 radical (unpaired) electrons. The third-order valence-electron chi connectivity index (χ3n) is 4.74. The largest absolute Gasteiger partial charge is 0.451 e. The van der Waals surface area contributed by atoms with Gasteiger partial charge in [0.25, 0.3) is 11.8 Å². The molecule has 1 aliphatic rings. The van der Waals surface area contributed by atoms with E-state index in [2.05, 4.69) is 10.6 Å². The number of benzene rings is 1. The minimum Gasteiger partial charge on any atom is -0.451 e. The minimum absolute atomic E-state index is 0.426. The number of imide groups is 1. The van der Waals surface area contributed by atoms with Crippen LogP contribution in [0.15, 0.2) is 24.3 Å². The molecule has 2 rings (SSSR count). The molecule has 1 aromatic rings. The smallest absolute Gasteiger partial charge is 0.327 e. The molecule has 0 saturated carbocycles. The quantitative estimate of drug-likeness (QED) is 0.560. The van der Waals surface area contributed by atoms with E-state index < -0.39 is 42.0 Å². The molecule has 1 aromatic carbocycles. The Hall–Kier alpha value is -2.90. The molecular weight excluding hydrogens is 350 g/mol. The molecule has 146 valence electrons. The molecule has 27 heavy (non-hydrogen) atoms. The number of ether oxygens (including phenoxy) is 1. The summed E-state index contributed by atoms with van der Waals surface area (Å²) in [5.74, 6) is -1.78. The van der Waals surface area contributed by atoms with Crippen LogP contribution in [0.3, 0.4) is 0 Å². The number of rotatable bonds is 7. The van der Waals surface area contributed by atoms with E-state index in [1.165, 1.54) is 6.92 Å². The van der Waals surface area contributed by atoms with Gasteiger partial charge in [0, 0.05) is 5.69 Å². The Morgan fingerprint density at radius 1 is 1.19 bits per heavy atom. The molecule has 0 bridgehead atoms. The number of nitrogens with zero attached hydrogens (tertiary/aromatic N) is 1. The Bertz CT molecular complexity index is 740. The van der Waals surface area contributed by atoms with Crippen molar-refractivity contribution < 1.29 is 23.9 Å². The van der Waals surface area contributed by atoms with Crippen molar-refractivity contribution in [3.05, 3.63) is 29.8 Å². The topological polar surface area (TPSA) is 105 Å². The third-order valence-corrected chi connectivity index (χ3v) is 4.74. The maximum Gasteiger partial charge on any atom is 0.327 e. The molecule has 0 unspecified atom stereocenters. The van der Waals surface area contributed by atoms with Crippen LogP contribution in [0.1, 0.15) is 39.2 Å². The third kappa shape index (κ3) is 4.45. The van der Waals surface area contributed by atoms with Gasteiger partial charge in [-0.05, 0) is 38.8 Å². The van der Waals surface area contributed by atoms with Crippen molar-refractivity contribution in [2.45, 2.75) is 52.2 Å². The summed E-state index contributed by atoms with van der Waals surface area (Å²) in [6, 6.07) is 6.54. The number of carbonyl (C=O) groups excluding carboxylic acids is 4. The molecule has 2 N–H and O–H groups in total. The average molecular weight is 375 g/mol. The lowest BCUT2D eigenvalue weighted by Gasteiger charge is -2.23. The molecule has 8 nitrogen and oxygen atoms in total. The van der Waals surface area contributed by atoms with Crippen LogP contribution in [0.2, 0.25) is 0 Å². The number of nitrogens with one attached hydrogen (secondary N) is 2. The van der Waals surface area contributed by atoms with Crippen LogP contribution in [0.4, 0.5) is 10.5 Å². The van der Waals surface area contributed by atoms with E-state index in [0.717, 1.165) is 10.5 Å². The monoisotopic (exact) mass is 375 g/mol. The number of carbonyl (C=O) groups is 4. The Balaban J connectivity index is 1.92. The Labute approximate surface area is 158 Å². The first-order chi connectivity index (χ1) is 12.7. The van der Waals surface area contributed by atoms with Crippen LogP contribution in [0.5, 0.6) is 0 Å². The van der Waals surface area contributed by atoms with Crippen molar-refractivity contribution in [1.82, 2.24) is 10.2 Å². The number of hydrogen-bond donors (Lipinski definition) is 2. The average Bonchev–Trinajstić information content (AvgIpc) is 2.88. The zero-order chi connectivity index (χ0) is 20.2. The minimum atomic E-state index is -1.07. The van der Waals surface area contributed by atoms with E-state index in [-0.39, 0.29) is 0 Å². The van der Waals surface area contributed by atoms with E-state index in [9.17, 15) is 19.2 Å². The standard InChI is InChI=1S/C19H25N3O5/c1-5-19(6-2)17(25)22(18(26)21-19)11-15(23)27-13(4)16(24)20-14-9-7-12(3)8-10-14/h7-10,13H,5-6,11H2,1-4H3,(H,20,24)(H,21,26)/t13-/m1/s1. The number of aryl methyl sites for hydroxylation is 1. The fourth-order valence-electron chi connectivity index (χ4n) is 2.85. The van der Waals surface area contributed by atoms with Crippen LogP contribution >= 0.6 is 0 Å². The summed E-state index contributed by atoms with van der Waals surface area (Å²) in [5, 5.41) is 5.28. The molecule has 1 atom stereocenters. The highest BCUT2D eigenvalue weighted by atomic mass is 16.5. The van der Waals surface area contributed by atoms with Gasteiger partial charge in [-0.3, -0.25) is 19.3 Å². The van der Waals surface area contributed by atoms with Gasteiger partial charge in [-0.15, -0.1) is 0 Å². The lowest BCUT2D eigenvalue weighted by molar-refractivity contribution is -0.155. The zero-order valence-corrected chi connectivity index (χ0v) is 16.0. The van der Waals surface area contributed by atoms with E-state index >= 15 is 0 Å². The number of amides is 4. The summed E-state index contributed by atoms with van der Waals surface area (Å²) in [7, 11) is 0. The maximum atomic E-state index is 12.5. The lowest BCUT2D eigenvalue weighted by atomic mass is 9.93. The van der Waals surface area contributed by atoms with Gasteiger partial charge in [-0.25, -0.2) is 4.79 Å². The number of hydrogen-bond acceptors (Lipinski definition) is 5. The van der Waals surface area contributed by atoms with E-state index in [1.54, 1.807) is 26.0 Å². The maximum absolute atomic E-state index is 12.5. The van der Waals surface area contributed by atoms with Crippen molar-refractivity contribution in [2.75, 3.05) is 11.9 Å². The summed E-state index contributed by atoms with van der Waals surface area (Å²) in [4.78, 5) is 49.6. The molecule has 1 heterocycles. The van der Waals surface area contributed by atoms with Crippen molar-refractivity contribution in [1.29, 1.82) is 0 Å². The van der Waals surface area contributed by atoms with Crippen LogP contribution in [-0.2, 0) is 19.1 Å². The first-order valence-corrected chi connectivity index (χ1v) is 8.93. The fourth-order valence-corrected chi connectivity index (χ4v) is 2.85. The summed E-state index contributed by atoms with van der Waals surface area (Å²) < 4.78 is 5.08. The van der Waals surface area contributed by atoms with Gasteiger partial charge in [0.1, 0.15) is 12.1 Å². The van der Waals surface area contributed by atoms with Crippen molar-refractivity contribution in [3.63, 3.8) is 0 Å². The highest BCUT2D eigenvalue weighted by Gasteiger charge is 2.49. The molecule has 1 fully saturated rings. The van der Waals surface area contributed by atoms with Gasteiger partial charge in [-0.2, -0.15) is 0 Å². The number of urea groups is 1. The fraction of sp³-hybridized carbons (Fsp3) is 0.474. The van der Waals surface area contributed by atoms with Gasteiger partial charge in [0.15, 0.2) is 6.10 Å². The number of anilines is 1. The summed E-state index contributed by atoms with van der Waals surface area (Å²) in [5.41, 5.74) is 0.653. The van der Waals surface area contributed by atoms with Crippen LogP contribution in [0, 0.1) is 6.92 Å². The van der Waals surface area contributed by atoms with Crippen LogP contribution in [-0.4, -0.2) is 46.9 Å². The normalized spacial score (nSPS) is 16.7. The second kappa shape index (κ2) is 8.20. The van der Waals surface area contributed by atoms with Crippen LogP contribution < -0.4 is 10.6 Å². The predicted octanol–water partition coefficient (Wildman–Crippen LogP) is 1.98. The summed E-state index contributed by atoms with van der Waals surface area (Å²) in [6.45, 7) is 6.41. The highest BCUT2D eigenvalue weighted by molar-refractivity contribution is 6.08. The first kappa shape index (κ1) is 20.4. The van der Waals surface area contributed by atoms with E-state index in [0.29, 0.717) is 18.5 Å². The molecule has 8 heteroatoms. The van der Waals surface area contributed by atoms with Crippen LogP contribution in [0.25, 0.3) is 0 Å². The molecule has 0 spiro atoms. The summed E-state index contributed by atoms with van der Waals surface area (Å²) in [6.07, 6.45) is -0.217. The first-order valence-electron chi connectivity index (χ1n) is 8.93. The zero-order valence-electron chi connectivity index (χ0n) is 16.0. The number of esters is 1. The Morgan fingerprint density at radius 2 is 1.78 bits per heavy atom. The second-order valence-electron chi connectivity index (χ2n) is 6.60. The Kier molecular flexibility index (Phi) is 6.20. The second-order valence-corrected chi connectivity index (χ2v) is 6.60. The van der Waals surface area contributed by atoms with Gasteiger partial charge >= 0.3 is 12.0 Å². The van der Waals surface area contributed by atoms with Gasteiger partial charge < -0.3 is 15.4 Å². The predicted molar refractivity (Wildman–Crippen MR) is 98.9 cm³/mol. The SMILES string of the molecule is CCC1(CC)NC(=O)N(CC(=O)O[C@H](C)C(=O)Nc2ccc(C)cc2)C1=O. The highest BCUT2D eigenvalue weighted by Crippen LogP contribution is 2.24. The van der Waals surface area contributed by atoms with Crippen molar-refractivity contribution in [2.24, 2.45) is 0 Å². The van der Waals surface area contributed by atoms with Crippen molar-refractivity contribution >= 4 is 29.5 Å². The molecule has 4 amide bonds. The van der Waals surface area contributed by atoms with E-state index in [1.807, 2.05) is 19.1 Å². The van der Waals surface area contributed by atoms with Gasteiger partial charge in [0.2, 0.25) is 0 Å².